The van der Waals surface area contributed by atoms with E-state index < -0.39 is 18.2 Å². The van der Waals surface area contributed by atoms with E-state index in [-0.39, 0.29) is 49.3 Å². The van der Waals surface area contributed by atoms with Gasteiger partial charge < -0.3 is 25.2 Å². The molecule has 1 aliphatic rings. The van der Waals surface area contributed by atoms with E-state index in [1.807, 2.05) is 19.1 Å². The fourth-order valence-corrected chi connectivity index (χ4v) is 3.98. The molecular weight excluding hydrogens is 513 g/mol. The minimum atomic E-state index is -4.82. The third kappa shape index (κ3) is 7.42. The lowest BCUT2D eigenvalue weighted by molar-refractivity contribution is -0.662. The predicted molar refractivity (Wildman–Crippen MR) is 132 cm³/mol. The highest BCUT2D eigenvalue weighted by atomic mass is 35.5. The Balaban J connectivity index is 2.07. The first-order chi connectivity index (χ1) is 17.5. The van der Waals surface area contributed by atoms with Crippen molar-refractivity contribution >= 4 is 23.3 Å². The Bertz CT molecular complexity index is 1160. The molecule has 1 atom stereocenters. The molecule has 2 aromatic rings. The van der Waals surface area contributed by atoms with Gasteiger partial charge in [-0.05, 0) is 43.5 Å². The molecule has 1 aromatic carbocycles. The van der Waals surface area contributed by atoms with Crippen molar-refractivity contribution in [3.05, 3.63) is 64.2 Å². The van der Waals surface area contributed by atoms with Gasteiger partial charge in [-0.1, -0.05) is 30.7 Å². The molecule has 0 bridgehead atoms. The molecule has 12 heteroatoms. The molecule has 0 saturated heterocycles. The highest BCUT2D eigenvalue weighted by Crippen LogP contribution is 2.32. The van der Waals surface area contributed by atoms with E-state index in [9.17, 15) is 18.0 Å². The van der Waals surface area contributed by atoms with Gasteiger partial charge in [-0.3, -0.25) is 4.79 Å². The number of hydrogen-bond acceptors (Lipinski definition) is 5. The van der Waals surface area contributed by atoms with Crippen LogP contribution in [0.5, 0.6) is 6.01 Å². The van der Waals surface area contributed by atoms with Crippen molar-refractivity contribution in [3.63, 3.8) is 0 Å². The lowest BCUT2D eigenvalue weighted by Crippen LogP contribution is -2.34. The van der Waals surface area contributed by atoms with Gasteiger partial charge in [-0.15, -0.1) is 13.2 Å². The molecule has 1 unspecified atom stereocenters. The van der Waals surface area contributed by atoms with Crippen LogP contribution in [-0.4, -0.2) is 41.6 Å². The van der Waals surface area contributed by atoms with Gasteiger partial charge in [0.15, 0.2) is 0 Å². The first-order valence-electron chi connectivity index (χ1n) is 11.9. The number of rotatable bonds is 11. The summed E-state index contributed by atoms with van der Waals surface area (Å²) in [4.78, 5) is 13.3. The SMILES string of the molecule is CCNc1c(C(=O)NCCCO)n(Cc2ccc(Cl)cc2)c(OC2=CCC(C)C(OC(F)(F)F)=C2)[n+]1C. The second-order valence-corrected chi connectivity index (χ2v) is 8.99. The van der Waals surface area contributed by atoms with E-state index >= 15 is 0 Å². The van der Waals surface area contributed by atoms with Crippen LogP contribution in [0.25, 0.3) is 0 Å². The Kier molecular flexibility index (Phi) is 9.50. The Morgan fingerprint density at radius 3 is 2.62 bits per heavy atom. The maximum absolute atomic E-state index is 13.3. The zero-order chi connectivity index (χ0) is 27.2. The second kappa shape index (κ2) is 12.4. The van der Waals surface area contributed by atoms with Gasteiger partial charge in [0.25, 0.3) is 11.7 Å². The fourth-order valence-electron chi connectivity index (χ4n) is 3.86. The number of ether oxygens (including phenoxy) is 2. The standard InChI is InChI=1S/C25H30ClF3N4O4/c1-4-30-22-21(23(35)31-12-5-13-34)33(15-17-7-9-18(26)10-8-17)24(32(22)3)36-19-11-6-16(2)20(14-19)37-25(27,28)29/h7-11,14,16,34H,4-6,12-13,15H2,1-3H3,(H-,30,31,35)/p+1. The zero-order valence-electron chi connectivity index (χ0n) is 20.9. The number of amides is 1. The number of nitrogens with zero attached hydrogens (tertiary/aromatic N) is 2. The van der Waals surface area contributed by atoms with E-state index in [1.54, 1.807) is 41.3 Å². The van der Waals surface area contributed by atoms with Gasteiger partial charge in [0, 0.05) is 30.2 Å². The number of aromatic nitrogens is 2. The Hall–Kier alpha value is -3.18. The maximum Gasteiger partial charge on any atom is 0.572 e. The first-order valence-corrected chi connectivity index (χ1v) is 12.3. The largest absolute Gasteiger partial charge is 0.572 e. The summed E-state index contributed by atoms with van der Waals surface area (Å²) in [7, 11) is 1.69. The topological polar surface area (TPSA) is 88.6 Å². The molecule has 0 aliphatic heterocycles. The van der Waals surface area contributed by atoms with E-state index in [1.165, 1.54) is 6.08 Å². The molecule has 1 aromatic heterocycles. The average Bonchev–Trinajstić information content (AvgIpc) is 3.07. The summed E-state index contributed by atoms with van der Waals surface area (Å²) in [5.41, 5.74) is 1.09. The average molecular weight is 544 g/mol. The molecule has 3 rings (SSSR count). The number of carbonyl (C=O) groups is 1. The summed E-state index contributed by atoms with van der Waals surface area (Å²) in [5, 5.41) is 15.6. The van der Waals surface area contributed by atoms with Gasteiger partial charge in [0.1, 0.15) is 11.5 Å². The molecule has 202 valence electrons. The minimum Gasteiger partial charge on any atom is -0.410 e. The van der Waals surface area contributed by atoms with Gasteiger partial charge >= 0.3 is 12.4 Å². The van der Waals surface area contributed by atoms with Crippen LogP contribution >= 0.6 is 11.6 Å². The van der Waals surface area contributed by atoms with Crippen molar-refractivity contribution in [2.75, 3.05) is 25.0 Å². The summed E-state index contributed by atoms with van der Waals surface area (Å²) in [6.07, 6.45) is -1.25. The number of nitrogens with one attached hydrogen (secondary N) is 2. The quantitative estimate of drug-likeness (QED) is 0.291. The molecule has 0 radical (unpaired) electrons. The monoisotopic (exact) mass is 543 g/mol. The number of imidazole rings is 1. The summed E-state index contributed by atoms with van der Waals surface area (Å²) < 4.78 is 52.4. The van der Waals surface area contributed by atoms with Crippen molar-refractivity contribution in [1.82, 2.24) is 9.88 Å². The number of halogens is 4. The third-order valence-corrected chi connectivity index (χ3v) is 5.92. The minimum absolute atomic E-state index is 0.0739. The Labute approximate surface area is 218 Å². The summed E-state index contributed by atoms with van der Waals surface area (Å²) in [6.45, 7) is 4.41. The molecular formula is C25H31ClF3N4O4+. The van der Waals surface area contributed by atoms with Gasteiger partial charge in [-0.2, -0.15) is 4.57 Å². The van der Waals surface area contributed by atoms with E-state index in [4.69, 9.17) is 21.4 Å². The molecule has 8 nitrogen and oxygen atoms in total. The van der Waals surface area contributed by atoms with Crippen LogP contribution < -0.4 is 19.9 Å². The number of alkyl halides is 3. The van der Waals surface area contributed by atoms with E-state index in [0.717, 1.165) is 5.56 Å². The lowest BCUT2D eigenvalue weighted by atomic mass is 10.00. The van der Waals surface area contributed by atoms with Crippen molar-refractivity contribution < 1.29 is 37.1 Å². The molecule has 37 heavy (non-hydrogen) atoms. The first kappa shape index (κ1) is 28.4. The van der Waals surface area contributed by atoms with Crippen LogP contribution in [-0.2, 0) is 18.3 Å². The number of benzene rings is 1. The number of hydrogen-bond donors (Lipinski definition) is 3. The highest BCUT2D eigenvalue weighted by Gasteiger charge is 2.36. The molecule has 0 fully saturated rings. The van der Waals surface area contributed by atoms with Gasteiger partial charge in [0.05, 0.1) is 20.1 Å². The Morgan fingerprint density at radius 2 is 2.00 bits per heavy atom. The molecule has 1 amide bonds. The van der Waals surface area contributed by atoms with Gasteiger partial charge in [0.2, 0.25) is 5.69 Å². The van der Waals surface area contributed by atoms with Crippen LogP contribution in [0.4, 0.5) is 19.0 Å². The molecule has 3 N–H and O–H groups in total. The summed E-state index contributed by atoms with van der Waals surface area (Å²) in [5.74, 6) is -0.496. The van der Waals surface area contributed by atoms with Crippen LogP contribution in [0, 0.1) is 5.92 Å². The normalized spacial score (nSPS) is 15.6. The van der Waals surface area contributed by atoms with Gasteiger partial charge in [-0.25, -0.2) is 4.57 Å². The van der Waals surface area contributed by atoms with Crippen molar-refractivity contribution in [2.24, 2.45) is 13.0 Å². The van der Waals surface area contributed by atoms with Crippen molar-refractivity contribution in [2.45, 2.75) is 39.6 Å². The number of allylic oxidation sites excluding steroid dienone is 3. The van der Waals surface area contributed by atoms with E-state index in [2.05, 4.69) is 15.4 Å². The fraction of sp³-hybridized carbons (Fsp3) is 0.440. The molecule has 0 saturated carbocycles. The molecule has 0 spiro atoms. The van der Waals surface area contributed by atoms with Crippen molar-refractivity contribution in [3.8, 4) is 6.01 Å². The molecule has 1 heterocycles. The summed E-state index contributed by atoms with van der Waals surface area (Å²) in [6, 6.07) is 7.29. The highest BCUT2D eigenvalue weighted by molar-refractivity contribution is 6.30. The molecule has 1 aliphatic carbocycles. The van der Waals surface area contributed by atoms with Crippen molar-refractivity contribution in [1.29, 1.82) is 0 Å². The Morgan fingerprint density at radius 1 is 1.30 bits per heavy atom. The van der Waals surface area contributed by atoms with E-state index in [0.29, 0.717) is 23.8 Å². The number of carbonyl (C=O) groups excluding carboxylic acids is 1. The van der Waals surface area contributed by atoms with Crippen LogP contribution in [0.3, 0.4) is 0 Å². The third-order valence-electron chi connectivity index (χ3n) is 5.67. The predicted octanol–water partition coefficient (Wildman–Crippen LogP) is 4.28. The number of aliphatic hydroxyl groups is 1. The second-order valence-electron chi connectivity index (χ2n) is 8.55. The maximum atomic E-state index is 13.3. The smallest absolute Gasteiger partial charge is 0.410 e. The van der Waals surface area contributed by atoms with Crippen LogP contribution in [0.15, 0.2) is 47.9 Å². The number of aliphatic hydroxyl groups excluding tert-OH is 1. The summed E-state index contributed by atoms with van der Waals surface area (Å²) >= 11 is 6.03. The van der Waals surface area contributed by atoms with Crippen LogP contribution in [0.2, 0.25) is 5.02 Å². The zero-order valence-corrected chi connectivity index (χ0v) is 21.6. The van der Waals surface area contributed by atoms with Crippen LogP contribution in [0.1, 0.15) is 42.7 Å². The lowest BCUT2D eigenvalue weighted by Gasteiger charge is -2.21. The number of anilines is 1.